The first-order valence-electron chi connectivity index (χ1n) is 5.49. The number of halogens is 1. The molecule has 0 fully saturated rings. The van der Waals surface area contributed by atoms with Gasteiger partial charge in [-0.25, -0.2) is 0 Å². The maximum atomic E-state index is 10.1. The standard InChI is InChI=1S/C13H14BrNO2/c14-6-5-12(16)13(17)11-8-15-7-9-3-1-2-4-10(9)11/h1-4,7-8,12-13,16-17H,5-6H2. The zero-order valence-corrected chi connectivity index (χ0v) is 10.8. The number of alkyl halides is 1. The number of hydrogen-bond acceptors (Lipinski definition) is 3. The second-order valence-electron chi connectivity index (χ2n) is 3.94. The molecule has 0 aliphatic rings. The van der Waals surface area contributed by atoms with Crippen LogP contribution in [0.2, 0.25) is 0 Å². The molecule has 2 rings (SSSR count). The van der Waals surface area contributed by atoms with E-state index < -0.39 is 12.2 Å². The molecular formula is C13H14BrNO2. The van der Waals surface area contributed by atoms with Crippen molar-refractivity contribution in [3.8, 4) is 0 Å². The van der Waals surface area contributed by atoms with Crippen LogP contribution in [0.15, 0.2) is 36.7 Å². The topological polar surface area (TPSA) is 53.4 Å². The van der Waals surface area contributed by atoms with E-state index in [1.807, 2.05) is 24.3 Å². The van der Waals surface area contributed by atoms with E-state index in [9.17, 15) is 10.2 Å². The fourth-order valence-electron chi connectivity index (χ4n) is 1.85. The molecule has 0 saturated carbocycles. The Balaban J connectivity index is 2.41. The highest BCUT2D eigenvalue weighted by Crippen LogP contribution is 2.26. The van der Waals surface area contributed by atoms with E-state index >= 15 is 0 Å². The van der Waals surface area contributed by atoms with Crippen molar-refractivity contribution in [1.82, 2.24) is 4.98 Å². The Hall–Kier alpha value is -0.970. The fraction of sp³-hybridized carbons (Fsp3) is 0.308. The summed E-state index contributed by atoms with van der Waals surface area (Å²) in [5.74, 6) is 0. The van der Waals surface area contributed by atoms with Crippen molar-refractivity contribution in [3.05, 3.63) is 42.2 Å². The first-order valence-corrected chi connectivity index (χ1v) is 6.61. The van der Waals surface area contributed by atoms with Crippen molar-refractivity contribution >= 4 is 26.7 Å². The highest BCUT2D eigenvalue weighted by Gasteiger charge is 2.19. The molecule has 2 aromatic rings. The Morgan fingerprint density at radius 2 is 1.94 bits per heavy atom. The second-order valence-corrected chi connectivity index (χ2v) is 4.73. The van der Waals surface area contributed by atoms with Gasteiger partial charge in [-0.1, -0.05) is 40.2 Å². The Bertz CT molecular complexity index is 498. The van der Waals surface area contributed by atoms with Gasteiger partial charge in [-0.15, -0.1) is 0 Å². The van der Waals surface area contributed by atoms with E-state index in [0.717, 1.165) is 10.8 Å². The summed E-state index contributed by atoms with van der Waals surface area (Å²) in [5, 5.41) is 22.5. The zero-order valence-electron chi connectivity index (χ0n) is 9.25. The SMILES string of the molecule is OC(CCBr)C(O)c1cncc2ccccc12. The summed E-state index contributed by atoms with van der Waals surface area (Å²) in [6, 6.07) is 7.70. The average molecular weight is 296 g/mol. The van der Waals surface area contributed by atoms with Crippen LogP contribution < -0.4 is 0 Å². The smallest absolute Gasteiger partial charge is 0.107 e. The van der Waals surface area contributed by atoms with Crippen LogP contribution in [0.4, 0.5) is 0 Å². The molecule has 0 spiro atoms. The molecule has 0 aliphatic carbocycles. The van der Waals surface area contributed by atoms with Crippen molar-refractivity contribution in [2.45, 2.75) is 18.6 Å². The number of aliphatic hydroxyl groups excluding tert-OH is 2. The van der Waals surface area contributed by atoms with Crippen LogP contribution in [-0.2, 0) is 0 Å². The highest BCUT2D eigenvalue weighted by molar-refractivity contribution is 9.09. The Morgan fingerprint density at radius 3 is 2.71 bits per heavy atom. The third kappa shape index (κ3) is 2.65. The van der Waals surface area contributed by atoms with Crippen molar-refractivity contribution in [2.24, 2.45) is 0 Å². The largest absolute Gasteiger partial charge is 0.390 e. The summed E-state index contributed by atoms with van der Waals surface area (Å²) in [6.07, 6.45) is 2.20. The molecule has 4 heteroatoms. The molecule has 0 saturated heterocycles. The minimum atomic E-state index is -0.897. The molecule has 1 aromatic carbocycles. The summed E-state index contributed by atoms with van der Waals surface area (Å²) >= 11 is 3.25. The van der Waals surface area contributed by atoms with Gasteiger partial charge < -0.3 is 10.2 Å². The van der Waals surface area contributed by atoms with Gasteiger partial charge in [0.05, 0.1) is 6.10 Å². The maximum Gasteiger partial charge on any atom is 0.107 e. The number of nitrogens with zero attached hydrogens (tertiary/aromatic N) is 1. The third-order valence-electron chi connectivity index (χ3n) is 2.79. The molecule has 2 unspecified atom stereocenters. The quantitative estimate of drug-likeness (QED) is 0.852. The minimum Gasteiger partial charge on any atom is -0.390 e. The number of aliphatic hydroxyl groups is 2. The first kappa shape index (κ1) is 12.5. The summed E-state index contributed by atoms with van der Waals surface area (Å²) in [7, 11) is 0. The van der Waals surface area contributed by atoms with E-state index in [4.69, 9.17) is 0 Å². The van der Waals surface area contributed by atoms with Gasteiger partial charge in [0.2, 0.25) is 0 Å². The molecule has 0 aliphatic heterocycles. The number of rotatable bonds is 4. The van der Waals surface area contributed by atoms with E-state index in [1.165, 1.54) is 0 Å². The average Bonchev–Trinajstić information content (AvgIpc) is 2.37. The molecule has 90 valence electrons. The highest BCUT2D eigenvalue weighted by atomic mass is 79.9. The summed E-state index contributed by atoms with van der Waals surface area (Å²) in [6.45, 7) is 0. The van der Waals surface area contributed by atoms with Gasteiger partial charge in [-0.05, 0) is 11.8 Å². The fourth-order valence-corrected chi connectivity index (χ4v) is 2.32. The van der Waals surface area contributed by atoms with Gasteiger partial charge in [0.15, 0.2) is 0 Å². The van der Waals surface area contributed by atoms with Crippen molar-refractivity contribution in [1.29, 1.82) is 0 Å². The van der Waals surface area contributed by atoms with Crippen LogP contribution in [0.3, 0.4) is 0 Å². The molecular weight excluding hydrogens is 282 g/mol. The molecule has 17 heavy (non-hydrogen) atoms. The van der Waals surface area contributed by atoms with Crippen LogP contribution in [0.25, 0.3) is 10.8 Å². The maximum absolute atomic E-state index is 10.1. The summed E-state index contributed by atoms with van der Waals surface area (Å²) in [4.78, 5) is 4.09. The van der Waals surface area contributed by atoms with Crippen LogP contribution in [0.1, 0.15) is 18.1 Å². The van der Waals surface area contributed by atoms with Crippen LogP contribution in [0, 0.1) is 0 Å². The first-order chi connectivity index (χ1) is 8.24. The number of fused-ring (bicyclic) bond motifs is 1. The monoisotopic (exact) mass is 295 g/mol. The Kier molecular flexibility index (Phi) is 4.10. The molecule has 1 aromatic heterocycles. The number of aromatic nitrogens is 1. The third-order valence-corrected chi connectivity index (χ3v) is 3.24. The lowest BCUT2D eigenvalue weighted by Gasteiger charge is -2.18. The number of benzene rings is 1. The van der Waals surface area contributed by atoms with Crippen molar-refractivity contribution in [3.63, 3.8) is 0 Å². The van der Waals surface area contributed by atoms with Crippen LogP contribution in [-0.4, -0.2) is 26.6 Å². The molecule has 0 amide bonds. The van der Waals surface area contributed by atoms with Crippen molar-refractivity contribution < 1.29 is 10.2 Å². The predicted octanol–water partition coefficient (Wildman–Crippen LogP) is 2.41. The summed E-state index contributed by atoms with van der Waals surface area (Å²) < 4.78 is 0. The number of hydrogen-bond donors (Lipinski definition) is 2. The molecule has 2 N–H and O–H groups in total. The molecule has 3 nitrogen and oxygen atoms in total. The molecule has 0 radical (unpaired) electrons. The predicted molar refractivity (Wildman–Crippen MR) is 71.1 cm³/mol. The van der Waals surface area contributed by atoms with Crippen LogP contribution >= 0.6 is 15.9 Å². The van der Waals surface area contributed by atoms with Gasteiger partial charge in [-0.3, -0.25) is 4.98 Å². The van der Waals surface area contributed by atoms with Gasteiger partial charge in [0.25, 0.3) is 0 Å². The van der Waals surface area contributed by atoms with Gasteiger partial charge in [-0.2, -0.15) is 0 Å². The van der Waals surface area contributed by atoms with E-state index in [-0.39, 0.29) is 0 Å². The molecule has 2 atom stereocenters. The normalized spacial score (nSPS) is 14.8. The minimum absolute atomic E-state index is 0.504. The molecule has 1 heterocycles. The summed E-state index contributed by atoms with van der Waals surface area (Å²) in [5.41, 5.74) is 0.677. The molecule has 0 bridgehead atoms. The van der Waals surface area contributed by atoms with Crippen LogP contribution in [0.5, 0.6) is 0 Å². The number of pyridine rings is 1. The second kappa shape index (κ2) is 5.58. The van der Waals surface area contributed by atoms with Gasteiger partial charge in [0.1, 0.15) is 6.10 Å². The Morgan fingerprint density at radius 1 is 1.18 bits per heavy atom. The lowest BCUT2D eigenvalue weighted by atomic mass is 9.99. The Labute approximate surface area is 108 Å². The van der Waals surface area contributed by atoms with Crippen molar-refractivity contribution in [2.75, 3.05) is 5.33 Å². The van der Waals surface area contributed by atoms with E-state index in [0.29, 0.717) is 17.3 Å². The van der Waals surface area contributed by atoms with Gasteiger partial charge in [0, 0.05) is 28.7 Å². The van der Waals surface area contributed by atoms with E-state index in [2.05, 4.69) is 20.9 Å². The lowest BCUT2D eigenvalue weighted by molar-refractivity contribution is 0.0180. The zero-order chi connectivity index (χ0) is 12.3. The lowest BCUT2D eigenvalue weighted by Crippen LogP contribution is -2.19. The van der Waals surface area contributed by atoms with E-state index in [1.54, 1.807) is 12.4 Å². The van der Waals surface area contributed by atoms with Gasteiger partial charge >= 0.3 is 0 Å².